The number of sulfonamides is 1. The summed E-state index contributed by atoms with van der Waals surface area (Å²) in [7, 11) is -1.77. The zero-order valence-electron chi connectivity index (χ0n) is 19.0. The number of nitrogens with one attached hydrogen (secondary N) is 3. The number of nitrogens with two attached hydrogens (primary N) is 1. The van der Waals surface area contributed by atoms with Gasteiger partial charge in [0.1, 0.15) is 5.82 Å². The number of aromatic nitrogens is 2. The molecule has 1 aromatic heterocycles. The Bertz CT molecular complexity index is 1350. The van der Waals surface area contributed by atoms with Crippen LogP contribution in [0.4, 0.5) is 5.82 Å². The standard InChI is InChI=1S/C24H29N7O2S/c1-31-23(25)21(15-27-31)22-12-13-26-24(29-22)28-18-7-9-19(10-8-18)30-34(32,33)20-11-6-16-4-2-3-5-17(16)14-20/h2-6,11-15,18-19,24,28-30H,7-10,25H2,1H3. The molecule has 3 aromatic rings. The average Bonchev–Trinajstić information content (AvgIpc) is 3.18. The lowest BCUT2D eigenvalue weighted by atomic mass is 9.92. The largest absolute Gasteiger partial charge is 0.383 e. The highest BCUT2D eigenvalue weighted by Crippen LogP contribution is 2.24. The van der Waals surface area contributed by atoms with E-state index < -0.39 is 10.0 Å². The summed E-state index contributed by atoms with van der Waals surface area (Å²) >= 11 is 0. The van der Waals surface area contributed by atoms with Crippen LogP contribution in [0.3, 0.4) is 0 Å². The summed E-state index contributed by atoms with van der Waals surface area (Å²) in [6, 6.07) is 13.2. The summed E-state index contributed by atoms with van der Waals surface area (Å²) in [5, 5.41) is 13.0. The molecule has 178 valence electrons. The van der Waals surface area contributed by atoms with Gasteiger partial charge in [-0.1, -0.05) is 30.3 Å². The summed E-state index contributed by atoms with van der Waals surface area (Å²) in [5.41, 5.74) is 7.81. The van der Waals surface area contributed by atoms with Gasteiger partial charge in [-0.15, -0.1) is 0 Å². The van der Waals surface area contributed by atoms with Crippen LogP contribution in [0.5, 0.6) is 0 Å². The van der Waals surface area contributed by atoms with Crippen LogP contribution in [0, 0.1) is 0 Å². The van der Waals surface area contributed by atoms with Gasteiger partial charge in [-0.25, -0.2) is 13.1 Å². The van der Waals surface area contributed by atoms with E-state index in [-0.39, 0.29) is 18.4 Å². The summed E-state index contributed by atoms with van der Waals surface area (Å²) in [6.45, 7) is 0. The molecule has 0 radical (unpaired) electrons. The Labute approximate surface area is 199 Å². The van der Waals surface area contributed by atoms with Crippen molar-refractivity contribution >= 4 is 38.5 Å². The monoisotopic (exact) mass is 479 g/mol. The van der Waals surface area contributed by atoms with Gasteiger partial charge < -0.3 is 11.1 Å². The number of aryl methyl sites for hydroxylation is 1. The first-order chi connectivity index (χ1) is 16.4. The van der Waals surface area contributed by atoms with Crippen LogP contribution in [0.15, 0.2) is 64.6 Å². The summed E-state index contributed by atoms with van der Waals surface area (Å²) < 4.78 is 30.5. The van der Waals surface area contributed by atoms with Crippen molar-refractivity contribution in [2.24, 2.45) is 12.0 Å². The van der Waals surface area contributed by atoms with E-state index in [1.807, 2.05) is 36.4 Å². The number of benzene rings is 2. The molecule has 1 atom stereocenters. The molecule has 0 spiro atoms. The van der Waals surface area contributed by atoms with E-state index >= 15 is 0 Å². The zero-order chi connectivity index (χ0) is 23.7. The van der Waals surface area contributed by atoms with Crippen LogP contribution in [0.1, 0.15) is 31.2 Å². The molecule has 9 nitrogen and oxygen atoms in total. The molecule has 2 aliphatic rings. The second-order valence-electron chi connectivity index (χ2n) is 8.84. The molecule has 0 saturated heterocycles. The fourth-order valence-corrected chi connectivity index (χ4v) is 5.91. The van der Waals surface area contributed by atoms with Crippen LogP contribution < -0.4 is 21.1 Å². The second kappa shape index (κ2) is 9.21. The van der Waals surface area contributed by atoms with Crippen LogP contribution >= 0.6 is 0 Å². The first kappa shape index (κ1) is 22.6. The quantitative estimate of drug-likeness (QED) is 0.430. The number of fused-ring (bicyclic) bond motifs is 1. The molecule has 1 fully saturated rings. The van der Waals surface area contributed by atoms with Crippen molar-refractivity contribution in [2.45, 2.75) is 49.0 Å². The van der Waals surface area contributed by atoms with Crippen LogP contribution in [-0.2, 0) is 17.1 Å². The minimum Gasteiger partial charge on any atom is -0.383 e. The number of nitrogens with zero attached hydrogens (tertiary/aromatic N) is 3. The van der Waals surface area contributed by atoms with Gasteiger partial charge in [0.05, 0.1) is 22.4 Å². The molecular weight excluding hydrogens is 450 g/mol. The Morgan fingerprint density at radius 3 is 2.53 bits per heavy atom. The van der Waals surface area contributed by atoms with Crippen LogP contribution in [0.2, 0.25) is 0 Å². The molecule has 34 heavy (non-hydrogen) atoms. The molecule has 2 aromatic carbocycles. The van der Waals surface area contributed by atoms with Crippen LogP contribution in [0.25, 0.3) is 16.5 Å². The Balaban J connectivity index is 1.15. The first-order valence-electron chi connectivity index (χ1n) is 11.4. The topological polar surface area (TPSA) is 126 Å². The summed E-state index contributed by atoms with van der Waals surface area (Å²) in [6.07, 6.45) is 8.34. The zero-order valence-corrected chi connectivity index (χ0v) is 19.8. The Morgan fingerprint density at radius 2 is 1.79 bits per heavy atom. The van der Waals surface area contributed by atoms with E-state index in [1.165, 1.54) is 0 Å². The lowest BCUT2D eigenvalue weighted by molar-refractivity contribution is 0.298. The number of hydrogen-bond acceptors (Lipinski definition) is 7. The predicted molar refractivity (Wildman–Crippen MR) is 134 cm³/mol. The predicted octanol–water partition coefficient (Wildman–Crippen LogP) is 2.33. The normalized spacial score (nSPS) is 23.0. The molecule has 0 amide bonds. The van der Waals surface area contributed by atoms with E-state index in [0.717, 1.165) is 47.7 Å². The smallest absolute Gasteiger partial charge is 0.240 e. The Morgan fingerprint density at radius 1 is 1.06 bits per heavy atom. The van der Waals surface area contributed by atoms with Gasteiger partial charge in [0.2, 0.25) is 10.0 Å². The van der Waals surface area contributed by atoms with Gasteiger partial charge in [0.15, 0.2) is 6.29 Å². The first-order valence-corrected chi connectivity index (χ1v) is 12.9. The SMILES string of the molecule is Cn1ncc(C2=CC=NC(NC3CCC(NS(=O)(=O)c4ccc5ccccc5c4)CC3)N2)c1N. The molecule has 1 saturated carbocycles. The van der Waals surface area contributed by atoms with E-state index in [1.54, 1.807) is 36.3 Å². The molecule has 10 heteroatoms. The van der Waals surface area contributed by atoms with Crippen molar-refractivity contribution in [3.63, 3.8) is 0 Å². The van der Waals surface area contributed by atoms with Gasteiger partial charge in [-0.05, 0) is 54.7 Å². The number of hydrogen-bond donors (Lipinski definition) is 4. The van der Waals surface area contributed by atoms with E-state index in [0.29, 0.717) is 10.7 Å². The van der Waals surface area contributed by atoms with E-state index in [4.69, 9.17) is 5.73 Å². The Hall–Kier alpha value is -3.21. The number of allylic oxidation sites excluding steroid dienone is 1. The van der Waals surface area contributed by atoms with Crippen molar-refractivity contribution in [1.29, 1.82) is 0 Å². The summed E-state index contributed by atoms with van der Waals surface area (Å²) in [5.74, 6) is 0.590. The van der Waals surface area contributed by atoms with Crippen molar-refractivity contribution in [2.75, 3.05) is 5.73 Å². The van der Waals surface area contributed by atoms with E-state index in [2.05, 4.69) is 25.4 Å². The highest BCUT2D eigenvalue weighted by Gasteiger charge is 2.27. The summed E-state index contributed by atoms with van der Waals surface area (Å²) in [4.78, 5) is 4.78. The molecule has 1 unspecified atom stereocenters. The van der Waals surface area contributed by atoms with Gasteiger partial charge >= 0.3 is 0 Å². The molecule has 5 N–H and O–H groups in total. The fraction of sp³-hybridized carbons (Fsp3) is 0.333. The molecule has 0 bridgehead atoms. The number of aliphatic imine (C=N–C) groups is 1. The fourth-order valence-electron chi connectivity index (χ4n) is 4.57. The van der Waals surface area contributed by atoms with Crippen molar-refractivity contribution in [3.8, 4) is 0 Å². The third-order valence-corrected chi connectivity index (χ3v) is 8.04. The maximum Gasteiger partial charge on any atom is 0.240 e. The van der Waals surface area contributed by atoms with Gasteiger partial charge in [0.25, 0.3) is 0 Å². The molecule has 5 rings (SSSR count). The molecular formula is C24H29N7O2S. The van der Waals surface area contributed by atoms with E-state index in [9.17, 15) is 8.42 Å². The third-order valence-electron chi connectivity index (χ3n) is 6.52. The highest BCUT2D eigenvalue weighted by atomic mass is 32.2. The van der Waals surface area contributed by atoms with Gasteiger partial charge in [-0.2, -0.15) is 5.10 Å². The van der Waals surface area contributed by atoms with Crippen molar-refractivity contribution in [3.05, 3.63) is 60.3 Å². The number of nitrogen functional groups attached to an aromatic ring is 1. The second-order valence-corrected chi connectivity index (χ2v) is 10.6. The average molecular weight is 480 g/mol. The maximum atomic E-state index is 13.0. The molecule has 1 aliphatic heterocycles. The van der Waals surface area contributed by atoms with Gasteiger partial charge in [-0.3, -0.25) is 15.0 Å². The lowest BCUT2D eigenvalue weighted by Crippen LogP contribution is -2.49. The lowest BCUT2D eigenvalue weighted by Gasteiger charge is -2.32. The Kier molecular flexibility index (Phi) is 6.11. The van der Waals surface area contributed by atoms with Gasteiger partial charge in [0, 0.05) is 25.3 Å². The van der Waals surface area contributed by atoms with Crippen molar-refractivity contribution in [1.82, 2.24) is 25.1 Å². The number of anilines is 1. The minimum atomic E-state index is -3.57. The molecule has 2 heterocycles. The molecule has 1 aliphatic carbocycles. The number of rotatable bonds is 6. The highest BCUT2D eigenvalue weighted by molar-refractivity contribution is 7.89. The van der Waals surface area contributed by atoms with Crippen molar-refractivity contribution < 1.29 is 8.42 Å². The van der Waals surface area contributed by atoms with Crippen LogP contribution in [-0.4, -0.2) is 42.8 Å². The maximum absolute atomic E-state index is 13.0. The third kappa shape index (κ3) is 4.70. The minimum absolute atomic E-state index is 0.0806.